The van der Waals surface area contributed by atoms with Gasteiger partial charge in [0.1, 0.15) is 0 Å². The summed E-state index contributed by atoms with van der Waals surface area (Å²) in [5, 5.41) is -2.47. The van der Waals surface area contributed by atoms with Gasteiger partial charge in [-0.25, -0.2) is 8.42 Å². The maximum Gasteiger partial charge on any atom is 0.420 e. The van der Waals surface area contributed by atoms with Crippen molar-refractivity contribution >= 4 is 53.5 Å². The Balaban J connectivity index is 3.88. The molecule has 22 heavy (non-hydrogen) atoms. The molecule has 0 bridgehead atoms. The topological polar surface area (TPSA) is 72.9 Å². The summed E-state index contributed by atoms with van der Waals surface area (Å²) in [6.07, 6.45) is 0. The van der Waals surface area contributed by atoms with Crippen LogP contribution in [0.25, 0.3) is 0 Å². The number of sulfonamides is 1. The molecule has 1 aliphatic rings. The molecule has 1 fully saturated rings. The van der Waals surface area contributed by atoms with E-state index in [0.29, 0.717) is 0 Å². The highest BCUT2D eigenvalue weighted by Crippen LogP contribution is 2.59. The van der Waals surface area contributed by atoms with Crippen molar-refractivity contribution in [2.75, 3.05) is 13.2 Å². The molecule has 0 radical (unpaired) electrons. The van der Waals surface area contributed by atoms with Crippen LogP contribution in [-0.4, -0.2) is 47.4 Å². The zero-order valence-corrected chi connectivity index (χ0v) is 17.6. The van der Waals surface area contributed by atoms with E-state index in [1.165, 1.54) is 0 Å². The van der Waals surface area contributed by atoms with E-state index in [2.05, 4.69) is 0 Å². The molecule has 6 nitrogen and oxygen atoms in total. The Hall–Kier alpha value is 0.540. The Labute approximate surface area is 144 Å². The van der Waals surface area contributed by atoms with Gasteiger partial charge in [0.25, 0.3) is 10.0 Å². The largest absolute Gasteiger partial charge is 0.420 e. The summed E-state index contributed by atoms with van der Waals surface area (Å²) in [7, 11) is -5.03. The van der Waals surface area contributed by atoms with Gasteiger partial charge in [-0.1, -0.05) is 4.31 Å². The van der Waals surface area contributed by atoms with Gasteiger partial charge in [0.05, 0.1) is 0 Å². The molecule has 0 N–H and O–H groups in total. The van der Waals surface area contributed by atoms with Gasteiger partial charge in [-0.05, 0) is 34.6 Å². The zero-order valence-electron chi connectivity index (χ0n) is 13.1. The number of hydrogen-bond donors (Lipinski definition) is 0. The molecule has 0 aromatic rings. The van der Waals surface area contributed by atoms with Crippen LogP contribution >= 0.6 is 14.7 Å². The molecular weight excluding hydrogens is 384 g/mol. The fourth-order valence-electron chi connectivity index (χ4n) is 2.59. The Morgan fingerprint density at radius 2 is 1.55 bits per heavy atom. The van der Waals surface area contributed by atoms with Crippen molar-refractivity contribution in [2.24, 2.45) is 0 Å². The third-order valence-corrected chi connectivity index (χ3v) is 10.8. The van der Waals surface area contributed by atoms with Crippen LogP contribution in [0.2, 0.25) is 0 Å². The van der Waals surface area contributed by atoms with E-state index in [-0.39, 0.29) is 27.9 Å². The number of carbonyl (C=O) groups excluding carboxylic acids is 1. The van der Waals surface area contributed by atoms with Crippen molar-refractivity contribution in [3.63, 3.8) is 0 Å². The van der Waals surface area contributed by atoms with Gasteiger partial charge in [0.15, 0.2) is 23.6 Å². The monoisotopic (exact) mass is 405 g/mol. The lowest BCUT2D eigenvalue weighted by Crippen LogP contribution is -2.59. The minimum atomic E-state index is -4.28. The summed E-state index contributed by atoms with van der Waals surface area (Å²) in [5.74, 6) is -1.96. The van der Waals surface area contributed by atoms with Crippen LogP contribution < -0.4 is 0 Å². The standard InChI is InChI=1S/C11H19NO5P2S3/c1-6-16-10(17-7-2)8(13)22(14,15)12(9(3,4)5)11(10,18-20)19-21/h6-7H2,1-5H3/p+2. The molecule has 0 amide bonds. The van der Waals surface area contributed by atoms with Crippen molar-refractivity contribution in [1.29, 1.82) is 0 Å². The first-order valence-corrected chi connectivity index (χ1v) is 12.4. The summed E-state index contributed by atoms with van der Waals surface area (Å²) in [6.45, 7) is 8.66. The van der Waals surface area contributed by atoms with Gasteiger partial charge in [-0.2, -0.15) is 0 Å². The number of carbonyl (C=O) groups is 1. The first kappa shape index (κ1) is 20.6. The van der Waals surface area contributed by atoms with Gasteiger partial charge >= 0.3 is 15.9 Å². The second kappa shape index (κ2) is 6.81. The Morgan fingerprint density at radius 1 is 1.14 bits per heavy atom. The fourth-order valence-corrected chi connectivity index (χ4v) is 10.7. The van der Waals surface area contributed by atoms with Gasteiger partial charge in [0.2, 0.25) is 14.7 Å². The lowest BCUT2D eigenvalue weighted by molar-refractivity contribution is -0.230. The molecule has 1 aliphatic heterocycles. The van der Waals surface area contributed by atoms with Crippen LogP contribution in [0.15, 0.2) is 0 Å². The van der Waals surface area contributed by atoms with Gasteiger partial charge in [-0.15, -0.1) is 0 Å². The molecule has 11 heteroatoms. The summed E-state index contributed by atoms with van der Waals surface area (Å²) in [6, 6.07) is 0. The highest BCUT2D eigenvalue weighted by molar-refractivity contribution is 8.10. The minimum Gasteiger partial charge on any atom is -0.335 e. The van der Waals surface area contributed by atoms with Gasteiger partial charge < -0.3 is 9.47 Å². The Bertz CT molecular complexity index is 573. The average Bonchev–Trinajstić information content (AvgIpc) is 2.55. The highest BCUT2D eigenvalue weighted by Gasteiger charge is 2.86. The minimum absolute atomic E-state index is 0.112. The van der Waals surface area contributed by atoms with Crippen LogP contribution in [0.3, 0.4) is 0 Å². The van der Waals surface area contributed by atoms with Crippen LogP contribution in [0, 0.1) is 0 Å². The SMILES string of the molecule is CCOC1(OCC)C(=O)S(=O)(=O)N(C(C)(C)C)C1([PH+]=S)[PH+]=S. The second-order valence-electron chi connectivity index (χ2n) is 5.62. The molecule has 0 spiro atoms. The molecule has 2 unspecified atom stereocenters. The smallest absolute Gasteiger partial charge is 0.335 e. The number of nitrogens with zero attached hydrogens (tertiary/aromatic N) is 1. The summed E-state index contributed by atoms with van der Waals surface area (Å²) < 4.78 is 37.8. The van der Waals surface area contributed by atoms with Crippen LogP contribution in [0.1, 0.15) is 34.6 Å². The number of rotatable bonds is 6. The number of ether oxygens (including phenoxy) is 2. The van der Waals surface area contributed by atoms with E-state index in [0.717, 1.165) is 4.31 Å². The third-order valence-electron chi connectivity index (χ3n) is 3.12. The molecule has 2 atom stereocenters. The Kier molecular flexibility index (Phi) is 6.37. The third kappa shape index (κ3) is 2.74. The predicted octanol–water partition coefficient (Wildman–Crippen LogP) is 1.66. The van der Waals surface area contributed by atoms with Gasteiger partial charge in [-0.3, -0.25) is 4.79 Å². The van der Waals surface area contributed by atoms with Crippen LogP contribution in [0.4, 0.5) is 0 Å². The fraction of sp³-hybridized carbons (Fsp3) is 0.909. The summed E-state index contributed by atoms with van der Waals surface area (Å²) in [4.78, 5) is 12.8. The molecule has 1 saturated heterocycles. The van der Waals surface area contributed by atoms with E-state index in [9.17, 15) is 13.2 Å². The first-order valence-electron chi connectivity index (χ1n) is 6.68. The molecule has 0 aromatic heterocycles. The molecule has 0 aromatic carbocycles. The highest BCUT2D eigenvalue weighted by atomic mass is 32.4. The van der Waals surface area contributed by atoms with E-state index >= 15 is 0 Å². The van der Waals surface area contributed by atoms with Crippen molar-refractivity contribution in [3.05, 3.63) is 0 Å². The van der Waals surface area contributed by atoms with Crippen molar-refractivity contribution < 1.29 is 22.7 Å². The van der Waals surface area contributed by atoms with Gasteiger partial charge in [0, 0.05) is 18.8 Å². The van der Waals surface area contributed by atoms with Crippen LogP contribution in [-0.2, 0) is 47.9 Å². The van der Waals surface area contributed by atoms with E-state index < -0.39 is 31.5 Å². The predicted molar refractivity (Wildman–Crippen MR) is 95.6 cm³/mol. The quantitative estimate of drug-likeness (QED) is 0.492. The van der Waals surface area contributed by atoms with E-state index in [1.807, 2.05) is 0 Å². The average molecular weight is 405 g/mol. The normalized spacial score (nSPS) is 28.5. The first-order chi connectivity index (χ1) is 10.0. The lowest BCUT2D eigenvalue weighted by Gasteiger charge is -2.34. The number of hydrogen-bond acceptors (Lipinski definition) is 7. The maximum absolute atomic E-state index is 12.8. The molecule has 1 rings (SSSR count). The lowest BCUT2D eigenvalue weighted by atomic mass is 10.1. The van der Waals surface area contributed by atoms with Crippen molar-refractivity contribution in [1.82, 2.24) is 4.31 Å². The summed E-state index contributed by atoms with van der Waals surface area (Å²) >= 11 is 10.5. The zero-order chi connectivity index (χ0) is 17.4. The molecule has 126 valence electrons. The summed E-state index contributed by atoms with van der Waals surface area (Å²) in [5.41, 5.74) is -0.873. The molecular formula is C11H21NO5P2S3+2. The molecule has 0 aliphatic carbocycles. The van der Waals surface area contributed by atoms with E-state index in [1.54, 1.807) is 34.6 Å². The Morgan fingerprint density at radius 3 is 1.82 bits per heavy atom. The maximum atomic E-state index is 12.8. The van der Waals surface area contributed by atoms with Crippen molar-refractivity contribution in [3.8, 4) is 0 Å². The molecule has 1 heterocycles. The van der Waals surface area contributed by atoms with E-state index in [4.69, 9.17) is 33.1 Å². The second-order valence-corrected chi connectivity index (χ2v) is 10.9. The van der Waals surface area contributed by atoms with Crippen LogP contribution in [0.5, 0.6) is 0 Å². The molecule has 0 saturated carbocycles. The van der Waals surface area contributed by atoms with Crippen molar-refractivity contribution in [2.45, 2.75) is 51.0 Å².